The van der Waals surface area contributed by atoms with E-state index in [1.165, 1.54) is 12.8 Å². The molecule has 1 heterocycles. The van der Waals surface area contributed by atoms with E-state index in [1.54, 1.807) is 0 Å². The van der Waals surface area contributed by atoms with Crippen LogP contribution in [0.25, 0.3) is 0 Å². The standard InChI is InChI=1S/C12H21N3O/c13-5-6-14-7-9-15(10-8-14)11-12(16)3-1-2-4-12/h16H,1-4,6-11H2. The lowest BCUT2D eigenvalue weighted by atomic mass is 10.0. The number of nitrogens with zero attached hydrogens (tertiary/aromatic N) is 3. The van der Waals surface area contributed by atoms with E-state index < -0.39 is 5.60 Å². The molecule has 0 atom stereocenters. The van der Waals surface area contributed by atoms with Crippen molar-refractivity contribution in [3.05, 3.63) is 0 Å². The van der Waals surface area contributed by atoms with Crippen molar-refractivity contribution < 1.29 is 5.11 Å². The van der Waals surface area contributed by atoms with Gasteiger partial charge in [-0.1, -0.05) is 12.8 Å². The van der Waals surface area contributed by atoms with Gasteiger partial charge >= 0.3 is 0 Å². The maximum absolute atomic E-state index is 10.3. The molecule has 1 saturated heterocycles. The molecule has 0 aromatic rings. The van der Waals surface area contributed by atoms with Crippen LogP contribution in [0.2, 0.25) is 0 Å². The first kappa shape index (κ1) is 11.8. The Morgan fingerprint density at radius 3 is 2.19 bits per heavy atom. The van der Waals surface area contributed by atoms with Gasteiger partial charge in [-0.05, 0) is 12.8 Å². The van der Waals surface area contributed by atoms with Crippen LogP contribution >= 0.6 is 0 Å². The predicted molar refractivity (Wildman–Crippen MR) is 61.9 cm³/mol. The second-order valence-corrected chi connectivity index (χ2v) is 5.14. The number of aliphatic hydroxyl groups is 1. The molecule has 0 amide bonds. The molecule has 16 heavy (non-hydrogen) atoms. The first-order valence-corrected chi connectivity index (χ1v) is 6.26. The van der Waals surface area contributed by atoms with Gasteiger partial charge in [-0.3, -0.25) is 9.80 Å². The average molecular weight is 223 g/mol. The highest BCUT2D eigenvalue weighted by Gasteiger charge is 2.33. The maximum atomic E-state index is 10.3. The van der Waals surface area contributed by atoms with Crippen LogP contribution in [0.5, 0.6) is 0 Å². The van der Waals surface area contributed by atoms with E-state index in [9.17, 15) is 5.11 Å². The normalized spacial score (nSPS) is 26.8. The molecule has 2 fully saturated rings. The fourth-order valence-corrected chi connectivity index (χ4v) is 2.81. The summed E-state index contributed by atoms with van der Waals surface area (Å²) in [5.41, 5.74) is -0.419. The second kappa shape index (κ2) is 5.13. The highest BCUT2D eigenvalue weighted by atomic mass is 16.3. The van der Waals surface area contributed by atoms with Crippen LogP contribution in [-0.2, 0) is 0 Å². The summed E-state index contributed by atoms with van der Waals surface area (Å²) in [4.78, 5) is 4.52. The molecule has 0 spiro atoms. The molecule has 2 rings (SSSR count). The van der Waals surface area contributed by atoms with Crippen molar-refractivity contribution >= 4 is 0 Å². The lowest BCUT2D eigenvalue weighted by Crippen LogP contribution is -2.51. The Hall–Kier alpha value is -0.630. The van der Waals surface area contributed by atoms with Gasteiger partial charge in [0, 0.05) is 32.7 Å². The van der Waals surface area contributed by atoms with Gasteiger partial charge in [0.1, 0.15) is 0 Å². The molecule has 4 heteroatoms. The minimum Gasteiger partial charge on any atom is -0.389 e. The van der Waals surface area contributed by atoms with Crippen molar-refractivity contribution in [3.8, 4) is 6.07 Å². The van der Waals surface area contributed by atoms with Crippen LogP contribution in [0.15, 0.2) is 0 Å². The van der Waals surface area contributed by atoms with Crippen molar-refractivity contribution in [3.63, 3.8) is 0 Å². The first-order chi connectivity index (χ1) is 7.72. The van der Waals surface area contributed by atoms with Crippen LogP contribution in [0, 0.1) is 11.3 Å². The molecule has 1 N–H and O–H groups in total. The third-order valence-electron chi connectivity index (χ3n) is 3.81. The number of hydrogen-bond acceptors (Lipinski definition) is 4. The SMILES string of the molecule is N#CCN1CCN(CC2(O)CCCC2)CC1. The Morgan fingerprint density at radius 1 is 1.06 bits per heavy atom. The summed E-state index contributed by atoms with van der Waals surface area (Å²) in [6.07, 6.45) is 4.27. The van der Waals surface area contributed by atoms with Crippen LogP contribution in [0.1, 0.15) is 25.7 Å². The van der Waals surface area contributed by atoms with Gasteiger partial charge in [0.25, 0.3) is 0 Å². The van der Waals surface area contributed by atoms with Crippen molar-refractivity contribution in [1.82, 2.24) is 9.80 Å². The van der Waals surface area contributed by atoms with Gasteiger partial charge in [0.2, 0.25) is 0 Å². The molecule has 2 aliphatic rings. The summed E-state index contributed by atoms with van der Waals surface area (Å²) in [6, 6.07) is 2.19. The molecule has 1 saturated carbocycles. The summed E-state index contributed by atoms with van der Waals surface area (Å²) in [5, 5.41) is 18.9. The van der Waals surface area contributed by atoms with Crippen molar-refractivity contribution in [2.45, 2.75) is 31.3 Å². The van der Waals surface area contributed by atoms with Crippen molar-refractivity contribution in [2.24, 2.45) is 0 Å². The van der Waals surface area contributed by atoms with Crippen LogP contribution in [0.3, 0.4) is 0 Å². The quantitative estimate of drug-likeness (QED) is 0.705. The Labute approximate surface area is 97.4 Å². The van der Waals surface area contributed by atoms with Crippen LogP contribution < -0.4 is 0 Å². The topological polar surface area (TPSA) is 50.5 Å². The summed E-state index contributed by atoms with van der Waals surface area (Å²) < 4.78 is 0. The third-order valence-corrected chi connectivity index (χ3v) is 3.81. The van der Waals surface area contributed by atoms with Crippen molar-refractivity contribution in [2.75, 3.05) is 39.3 Å². The molecule has 4 nitrogen and oxygen atoms in total. The fourth-order valence-electron chi connectivity index (χ4n) is 2.81. The highest BCUT2D eigenvalue weighted by Crippen LogP contribution is 2.30. The zero-order valence-electron chi connectivity index (χ0n) is 9.86. The Kier molecular flexibility index (Phi) is 3.80. The van der Waals surface area contributed by atoms with E-state index in [-0.39, 0.29) is 0 Å². The lowest BCUT2D eigenvalue weighted by Gasteiger charge is -2.37. The third kappa shape index (κ3) is 2.94. The molecular weight excluding hydrogens is 202 g/mol. The van der Waals surface area contributed by atoms with Crippen LogP contribution in [0.4, 0.5) is 0 Å². The van der Waals surface area contributed by atoms with E-state index in [1.807, 2.05) is 0 Å². The van der Waals surface area contributed by atoms with E-state index in [4.69, 9.17) is 5.26 Å². The molecule has 0 radical (unpaired) electrons. The first-order valence-electron chi connectivity index (χ1n) is 6.26. The van der Waals surface area contributed by atoms with Gasteiger partial charge < -0.3 is 5.11 Å². The van der Waals surface area contributed by atoms with Gasteiger partial charge in [0.15, 0.2) is 0 Å². The van der Waals surface area contributed by atoms with E-state index >= 15 is 0 Å². The zero-order chi connectivity index (χ0) is 11.4. The van der Waals surface area contributed by atoms with Gasteiger partial charge in [-0.2, -0.15) is 5.26 Å². The lowest BCUT2D eigenvalue weighted by molar-refractivity contribution is -0.00331. The number of nitriles is 1. The number of β-amino-alcohol motifs (C(OH)–C–C–N with tert-alkyl or cyclic N) is 1. The molecule has 90 valence electrons. The molecule has 0 aromatic carbocycles. The summed E-state index contributed by atoms with van der Waals surface area (Å²) in [6.45, 7) is 5.27. The fraction of sp³-hybridized carbons (Fsp3) is 0.917. The van der Waals surface area contributed by atoms with Gasteiger partial charge in [0.05, 0.1) is 18.2 Å². The molecule has 1 aliphatic carbocycles. The van der Waals surface area contributed by atoms with Crippen LogP contribution in [-0.4, -0.2) is 59.8 Å². The van der Waals surface area contributed by atoms with E-state index in [2.05, 4.69) is 15.9 Å². The molecule has 0 aromatic heterocycles. The van der Waals surface area contributed by atoms with Gasteiger partial charge in [-0.15, -0.1) is 0 Å². The molecule has 1 aliphatic heterocycles. The maximum Gasteiger partial charge on any atom is 0.0866 e. The van der Waals surface area contributed by atoms with Crippen molar-refractivity contribution in [1.29, 1.82) is 5.26 Å². The van der Waals surface area contributed by atoms with E-state index in [0.717, 1.165) is 45.6 Å². The monoisotopic (exact) mass is 223 g/mol. The summed E-state index contributed by atoms with van der Waals surface area (Å²) in [5.74, 6) is 0. The molecule has 0 unspecified atom stereocenters. The van der Waals surface area contributed by atoms with Gasteiger partial charge in [-0.25, -0.2) is 0 Å². The smallest absolute Gasteiger partial charge is 0.0866 e. The molecule has 0 bridgehead atoms. The number of piperazine rings is 1. The Bertz CT molecular complexity index is 260. The Morgan fingerprint density at radius 2 is 1.62 bits per heavy atom. The summed E-state index contributed by atoms with van der Waals surface area (Å²) >= 11 is 0. The average Bonchev–Trinajstić information content (AvgIpc) is 2.68. The minimum absolute atomic E-state index is 0.419. The molecular formula is C12H21N3O. The summed E-state index contributed by atoms with van der Waals surface area (Å²) in [7, 11) is 0. The predicted octanol–water partition coefficient (Wildman–Crippen LogP) is 0.433. The number of hydrogen-bond donors (Lipinski definition) is 1. The largest absolute Gasteiger partial charge is 0.389 e. The van der Waals surface area contributed by atoms with E-state index in [0.29, 0.717) is 6.54 Å². The zero-order valence-corrected chi connectivity index (χ0v) is 9.86. The number of rotatable bonds is 3. The second-order valence-electron chi connectivity index (χ2n) is 5.14. The Balaban J connectivity index is 1.75. The minimum atomic E-state index is -0.419. The highest BCUT2D eigenvalue weighted by molar-refractivity contribution is 4.89.